The molecule has 2 aromatic rings. The molecule has 0 atom stereocenters. The molecule has 0 spiro atoms. The lowest BCUT2D eigenvalue weighted by molar-refractivity contribution is 0.587. The van der Waals surface area contributed by atoms with Gasteiger partial charge in [0.25, 0.3) is 0 Å². The predicted molar refractivity (Wildman–Crippen MR) is 108 cm³/mol. The quantitative estimate of drug-likeness (QED) is 0.499. The molecule has 0 fully saturated rings. The van der Waals surface area contributed by atoms with Crippen LogP contribution in [0.25, 0.3) is 0 Å². The van der Waals surface area contributed by atoms with Gasteiger partial charge in [-0.1, -0.05) is 82.7 Å². The molecule has 1 heterocycles. The first-order chi connectivity index (χ1) is 12.3. The highest BCUT2D eigenvalue weighted by atomic mass is 15.1. The number of hydrogen-bond acceptors (Lipinski definition) is 2. The van der Waals surface area contributed by atoms with Gasteiger partial charge in [-0.15, -0.1) is 0 Å². The first-order valence-electron chi connectivity index (χ1n) is 10.1. The normalized spacial score (nSPS) is 11.1. The van der Waals surface area contributed by atoms with E-state index in [4.69, 9.17) is 10.7 Å². The molecule has 0 bridgehead atoms. The first kappa shape index (κ1) is 19.6. The van der Waals surface area contributed by atoms with Crippen molar-refractivity contribution >= 4 is 5.82 Å². The zero-order valence-corrected chi connectivity index (χ0v) is 16.1. The largest absolute Gasteiger partial charge is 0.384 e. The van der Waals surface area contributed by atoms with Gasteiger partial charge in [0.2, 0.25) is 0 Å². The van der Waals surface area contributed by atoms with Crippen molar-refractivity contribution in [3.8, 4) is 0 Å². The van der Waals surface area contributed by atoms with Gasteiger partial charge in [0.05, 0.1) is 12.2 Å². The standard InChI is InChI=1S/C22H35N3/c1-3-5-6-7-8-9-13-17-20-22(23)25(21(24-20)14-4-2)18-19-15-11-10-12-16-19/h10-12,15-16H,3-9,13-14,17-18,23H2,1-2H3. The van der Waals surface area contributed by atoms with E-state index in [1.165, 1.54) is 50.5 Å². The van der Waals surface area contributed by atoms with E-state index in [2.05, 4.69) is 48.7 Å². The minimum absolute atomic E-state index is 0.825. The van der Waals surface area contributed by atoms with Crippen LogP contribution < -0.4 is 5.73 Å². The molecule has 138 valence electrons. The zero-order valence-electron chi connectivity index (χ0n) is 16.1. The average Bonchev–Trinajstić information content (AvgIpc) is 2.91. The van der Waals surface area contributed by atoms with E-state index in [0.717, 1.165) is 43.1 Å². The Labute approximate surface area is 153 Å². The lowest BCUT2D eigenvalue weighted by atomic mass is 10.1. The average molecular weight is 342 g/mol. The van der Waals surface area contributed by atoms with Crippen molar-refractivity contribution in [3.05, 3.63) is 47.4 Å². The highest BCUT2D eigenvalue weighted by Crippen LogP contribution is 2.20. The summed E-state index contributed by atoms with van der Waals surface area (Å²) in [6.45, 7) is 5.29. The first-order valence-corrected chi connectivity index (χ1v) is 10.1. The van der Waals surface area contributed by atoms with Crippen LogP contribution in [0, 0.1) is 0 Å². The Hall–Kier alpha value is -1.77. The summed E-state index contributed by atoms with van der Waals surface area (Å²) in [6, 6.07) is 10.5. The molecule has 0 aliphatic rings. The van der Waals surface area contributed by atoms with Crippen molar-refractivity contribution in [1.82, 2.24) is 9.55 Å². The van der Waals surface area contributed by atoms with Crippen LogP contribution in [0.15, 0.2) is 30.3 Å². The van der Waals surface area contributed by atoms with Crippen molar-refractivity contribution in [3.63, 3.8) is 0 Å². The van der Waals surface area contributed by atoms with Crippen LogP contribution in [-0.2, 0) is 19.4 Å². The Bertz CT molecular complexity index is 601. The molecular weight excluding hydrogens is 306 g/mol. The lowest BCUT2D eigenvalue weighted by Crippen LogP contribution is -2.08. The molecule has 1 aromatic heterocycles. The molecule has 3 nitrogen and oxygen atoms in total. The molecule has 2 N–H and O–H groups in total. The summed E-state index contributed by atoms with van der Waals surface area (Å²) in [5.74, 6) is 2.01. The van der Waals surface area contributed by atoms with Gasteiger partial charge in [-0.25, -0.2) is 4.98 Å². The van der Waals surface area contributed by atoms with E-state index in [-0.39, 0.29) is 0 Å². The fraction of sp³-hybridized carbons (Fsp3) is 0.591. The van der Waals surface area contributed by atoms with Crippen molar-refractivity contribution in [2.45, 2.75) is 84.6 Å². The Balaban J connectivity index is 1.93. The van der Waals surface area contributed by atoms with Crippen molar-refractivity contribution in [2.75, 3.05) is 5.73 Å². The molecule has 1 aromatic carbocycles. The van der Waals surface area contributed by atoms with E-state index in [0.29, 0.717) is 0 Å². The number of aryl methyl sites for hydroxylation is 2. The molecule has 2 rings (SSSR count). The second-order valence-corrected chi connectivity index (χ2v) is 7.05. The number of rotatable bonds is 12. The van der Waals surface area contributed by atoms with Crippen molar-refractivity contribution < 1.29 is 0 Å². The number of anilines is 1. The highest BCUT2D eigenvalue weighted by molar-refractivity contribution is 5.39. The third kappa shape index (κ3) is 6.22. The van der Waals surface area contributed by atoms with Crippen LogP contribution in [0.2, 0.25) is 0 Å². The van der Waals surface area contributed by atoms with Gasteiger partial charge in [0, 0.05) is 6.42 Å². The van der Waals surface area contributed by atoms with Gasteiger partial charge >= 0.3 is 0 Å². The fourth-order valence-electron chi connectivity index (χ4n) is 3.36. The van der Waals surface area contributed by atoms with E-state index in [9.17, 15) is 0 Å². The van der Waals surface area contributed by atoms with Gasteiger partial charge in [0.1, 0.15) is 11.6 Å². The van der Waals surface area contributed by atoms with Crippen LogP contribution in [0.1, 0.15) is 82.3 Å². The maximum atomic E-state index is 6.46. The summed E-state index contributed by atoms with van der Waals surface area (Å²) in [7, 11) is 0. The number of benzene rings is 1. The summed E-state index contributed by atoms with van der Waals surface area (Å²) in [5, 5.41) is 0. The van der Waals surface area contributed by atoms with Gasteiger partial charge < -0.3 is 10.3 Å². The topological polar surface area (TPSA) is 43.8 Å². The van der Waals surface area contributed by atoms with Crippen LogP contribution >= 0.6 is 0 Å². The number of nitrogen functional groups attached to an aromatic ring is 1. The molecule has 3 heteroatoms. The predicted octanol–water partition coefficient (Wildman–Crippen LogP) is 5.76. The maximum Gasteiger partial charge on any atom is 0.127 e. The second kappa shape index (κ2) is 11.0. The highest BCUT2D eigenvalue weighted by Gasteiger charge is 2.14. The molecule has 0 saturated heterocycles. The SMILES string of the molecule is CCCCCCCCCc1nc(CCC)n(Cc2ccccc2)c1N. The molecule has 25 heavy (non-hydrogen) atoms. The van der Waals surface area contributed by atoms with Gasteiger partial charge in [-0.3, -0.25) is 0 Å². The van der Waals surface area contributed by atoms with E-state index in [1.54, 1.807) is 0 Å². The molecule has 0 aliphatic carbocycles. The number of imidazole rings is 1. The molecule has 0 saturated carbocycles. The van der Waals surface area contributed by atoms with E-state index < -0.39 is 0 Å². The van der Waals surface area contributed by atoms with Crippen LogP contribution in [0.3, 0.4) is 0 Å². The minimum Gasteiger partial charge on any atom is -0.384 e. The van der Waals surface area contributed by atoms with Crippen molar-refractivity contribution in [2.24, 2.45) is 0 Å². The minimum atomic E-state index is 0.825. The summed E-state index contributed by atoms with van der Waals surface area (Å²) in [6.07, 6.45) is 12.4. The molecule has 0 radical (unpaired) electrons. The zero-order chi connectivity index (χ0) is 17.9. The van der Waals surface area contributed by atoms with E-state index in [1.807, 2.05) is 0 Å². The maximum absolute atomic E-state index is 6.46. The Morgan fingerprint density at radius 2 is 1.52 bits per heavy atom. The van der Waals surface area contributed by atoms with Gasteiger partial charge in [0.15, 0.2) is 0 Å². The Morgan fingerprint density at radius 3 is 2.20 bits per heavy atom. The molecular formula is C22H35N3. The second-order valence-electron chi connectivity index (χ2n) is 7.05. The lowest BCUT2D eigenvalue weighted by Gasteiger charge is -2.09. The van der Waals surface area contributed by atoms with Gasteiger partial charge in [-0.2, -0.15) is 0 Å². The molecule has 0 unspecified atom stereocenters. The number of unbranched alkanes of at least 4 members (excludes halogenated alkanes) is 6. The third-order valence-electron chi connectivity index (χ3n) is 4.84. The number of hydrogen-bond donors (Lipinski definition) is 1. The van der Waals surface area contributed by atoms with Gasteiger partial charge in [-0.05, 0) is 24.8 Å². The Morgan fingerprint density at radius 1 is 0.840 bits per heavy atom. The third-order valence-corrected chi connectivity index (χ3v) is 4.84. The number of nitrogens with zero attached hydrogens (tertiary/aromatic N) is 2. The molecule has 0 amide bonds. The monoisotopic (exact) mass is 341 g/mol. The molecule has 0 aliphatic heterocycles. The number of nitrogens with two attached hydrogens (primary N) is 1. The van der Waals surface area contributed by atoms with E-state index >= 15 is 0 Å². The van der Waals surface area contributed by atoms with Crippen LogP contribution in [-0.4, -0.2) is 9.55 Å². The summed E-state index contributed by atoms with van der Waals surface area (Å²) >= 11 is 0. The summed E-state index contributed by atoms with van der Waals surface area (Å²) < 4.78 is 2.22. The fourth-order valence-corrected chi connectivity index (χ4v) is 3.36. The van der Waals surface area contributed by atoms with Crippen LogP contribution in [0.5, 0.6) is 0 Å². The number of aromatic nitrogens is 2. The summed E-state index contributed by atoms with van der Waals surface area (Å²) in [4.78, 5) is 4.88. The van der Waals surface area contributed by atoms with Crippen molar-refractivity contribution in [1.29, 1.82) is 0 Å². The Kier molecular flexibility index (Phi) is 8.58. The van der Waals surface area contributed by atoms with Crippen LogP contribution in [0.4, 0.5) is 5.82 Å². The smallest absolute Gasteiger partial charge is 0.127 e. The summed E-state index contributed by atoms with van der Waals surface area (Å²) in [5.41, 5.74) is 8.85.